The van der Waals surface area contributed by atoms with Gasteiger partial charge in [0.05, 0.1) is 12.0 Å². The Labute approximate surface area is 113 Å². The van der Waals surface area contributed by atoms with Crippen LogP contribution in [0.15, 0.2) is 12.2 Å². The normalized spacial score (nSPS) is 48.4. The molecule has 0 aromatic rings. The van der Waals surface area contributed by atoms with E-state index in [4.69, 9.17) is 9.47 Å². The molecule has 19 heavy (non-hydrogen) atoms. The zero-order valence-electron chi connectivity index (χ0n) is 11.6. The average Bonchev–Trinajstić information content (AvgIpc) is 3.00. The van der Waals surface area contributed by atoms with E-state index in [0.717, 1.165) is 12.8 Å². The van der Waals surface area contributed by atoms with Crippen molar-refractivity contribution in [1.82, 2.24) is 0 Å². The number of rotatable bonds is 2. The molecule has 1 aliphatic carbocycles. The number of allylic oxidation sites excluding steroid dienone is 1. The Bertz CT molecular complexity index is 455. The van der Waals surface area contributed by atoms with Gasteiger partial charge in [-0.25, -0.2) is 0 Å². The van der Waals surface area contributed by atoms with Crippen LogP contribution in [0.4, 0.5) is 0 Å². The molecule has 0 aromatic heterocycles. The topological polar surface area (TPSA) is 55.9 Å². The maximum absolute atomic E-state index is 11.7. The van der Waals surface area contributed by atoms with E-state index in [2.05, 4.69) is 6.92 Å². The number of carbonyl (C=O) groups excluding carboxylic acids is 2. The van der Waals surface area contributed by atoms with Gasteiger partial charge in [0.1, 0.15) is 11.7 Å². The molecule has 4 nitrogen and oxygen atoms in total. The van der Waals surface area contributed by atoms with E-state index in [0.29, 0.717) is 0 Å². The van der Waals surface area contributed by atoms with Crippen molar-refractivity contribution in [3.05, 3.63) is 12.2 Å². The Kier molecular flexibility index (Phi) is 2.82. The molecule has 0 amide bonds. The summed E-state index contributed by atoms with van der Waals surface area (Å²) in [6.07, 6.45) is 5.34. The smallest absolute Gasteiger partial charge is 0.309 e. The third kappa shape index (κ3) is 1.93. The quantitative estimate of drug-likeness (QED) is 0.434. The van der Waals surface area contributed by atoms with Gasteiger partial charge in [-0.05, 0) is 37.8 Å². The summed E-state index contributed by atoms with van der Waals surface area (Å²) < 4.78 is 11.4. The zero-order chi connectivity index (χ0) is 13.8. The number of hydrogen-bond acceptors (Lipinski definition) is 4. The number of ketones is 1. The Balaban J connectivity index is 1.81. The van der Waals surface area contributed by atoms with Crippen molar-refractivity contribution in [3.8, 4) is 0 Å². The van der Waals surface area contributed by atoms with Crippen molar-refractivity contribution in [1.29, 1.82) is 0 Å². The molecule has 3 aliphatic rings. The zero-order valence-corrected chi connectivity index (χ0v) is 11.6. The van der Waals surface area contributed by atoms with Gasteiger partial charge in [-0.15, -0.1) is 0 Å². The molecule has 2 aliphatic heterocycles. The maximum Gasteiger partial charge on any atom is 0.309 e. The van der Waals surface area contributed by atoms with Crippen LogP contribution in [0.2, 0.25) is 0 Å². The third-order valence-corrected chi connectivity index (χ3v) is 4.97. The number of epoxide rings is 1. The number of ether oxygens (including phenoxy) is 2. The van der Waals surface area contributed by atoms with Crippen LogP contribution in [0.5, 0.6) is 0 Å². The van der Waals surface area contributed by atoms with Gasteiger partial charge in [0, 0.05) is 5.92 Å². The monoisotopic (exact) mass is 264 g/mol. The van der Waals surface area contributed by atoms with Crippen LogP contribution in [0.25, 0.3) is 0 Å². The van der Waals surface area contributed by atoms with Crippen molar-refractivity contribution in [2.75, 3.05) is 0 Å². The minimum Gasteiger partial charge on any atom is -0.462 e. The van der Waals surface area contributed by atoms with Gasteiger partial charge in [0.15, 0.2) is 5.78 Å². The van der Waals surface area contributed by atoms with E-state index in [-0.39, 0.29) is 47.3 Å². The summed E-state index contributed by atoms with van der Waals surface area (Å²) in [5, 5.41) is 0. The van der Waals surface area contributed by atoms with E-state index in [1.165, 1.54) is 0 Å². The summed E-state index contributed by atoms with van der Waals surface area (Å²) in [4.78, 5) is 22.8. The number of hydrogen-bond donors (Lipinski definition) is 0. The van der Waals surface area contributed by atoms with Crippen LogP contribution < -0.4 is 0 Å². The summed E-state index contributed by atoms with van der Waals surface area (Å²) in [6.45, 7) is 5.60. The predicted octanol–water partition coefficient (Wildman–Crippen LogP) is 1.88. The second kappa shape index (κ2) is 4.17. The van der Waals surface area contributed by atoms with Gasteiger partial charge in [0.25, 0.3) is 0 Å². The van der Waals surface area contributed by atoms with Gasteiger partial charge >= 0.3 is 5.97 Å². The van der Waals surface area contributed by atoms with Crippen molar-refractivity contribution in [2.45, 2.75) is 51.4 Å². The lowest BCUT2D eigenvalue weighted by atomic mass is 9.87. The van der Waals surface area contributed by atoms with Gasteiger partial charge in [0.2, 0.25) is 0 Å². The maximum atomic E-state index is 11.7. The van der Waals surface area contributed by atoms with Crippen LogP contribution in [0.3, 0.4) is 0 Å². The Morgan fingerprint density at radius 1 is 1.37 bits per heavy atom. The first-order valence-electron chi connectivity index (χ1n) is 7.02. The molecular weight excluding hydrogens is 244 g/mol. The second-order valence-electron chi connectivity index (χ2n) is 6.20. The third-order valence-electron chi connectivity index (χ3n) is 4.97. The number of esters is 1. The average molecular weight is 264 g/mol. The number of fused-ring (bicyclic) bond motifs is 2. The highest BCUT2D eigenvalue weighted by Crippen LogP contribution is 2.55. The molecule has 2 heterocycles. The predicted molar refractivity (Wildman–Crippen MR) is 68.4 cm³/mol. The van der Waals surface area contributed by atoms with Crippen molar-refractivity contribution in [2.24, 2.45) is 17.8 Å². The summed E-state index contributed by atoms with van der Waals surface area (Å²) in [5.41, 5.74) is -0.303. The molecule has 3 rings (SSSR count). The highest BCUT2D eigenvalue weighted by Gasteiger charge is 2.63. The molecule has 4 heteroatoms. The first kappa shape index (κ1) is 12.9. The lowest BCUT2D eigenvalue weighted by Gasteiger charge is -2.20. The molecule has 3 fully saturated rings. The first-order chi connectivity index (χ1) is 8.94. The van der Waals surface area contributed by atoms with Crippen molar-refractivity contribution < 1.29 is 19.1 Å². The molecule has 2 saturated heterocycles. The van der Waals surface area contributed by atoms with Gasteiger partial charge in [-0.1, -0.05) is 13.8 Å². The van der Waals surface area contributed by atoms with Crippen LogP contribution >= 0.6 is 0 Å². The summed E-state index contributed by atoms with van der Waals surface area (Å²) >= 11 is 0. The van der Waals surface area contributed by atoms with E-state index in [9.17, 15) is 9.59 Å². The van der Waals surface area contributed by atoms with Crippen LogP contribution in [0.1, 0.15) is 33.6 Å². The molecular formula is C15H20O4. The van der Waals surface area contributed by atoms with Gasteiger partial charge in [-0.3, -0.25) is 9.59 Å². The molecule has 0 radical (unpaired) electrons. The standard InChI is InChI=1S/C15H20O4/c1-8-6-12-11(10(3)14(17)18-12)7-13-15(8,19-13)5-4-9(2)16/h4-5,8,10-13H,6-7H2,1-3H3/b5-4+/t8-,10+,11+,12-,13-,15+/m0/s1. The van der Waals surface area contributed by atoms with E-state index < -0.39 is 0 Å². The minimum absolute atomic E-state index is 0.0245. The Hall–Kier alpha value is -1.16. The fourth-order valence-corrected chi connectivity index (χ4v) is 3.64. The minimum atomic E-state index is -0.303. The SMILES string of the molecule is CC(=O)/C=C/[C@]12O[C@H]1C[C@H]1[C@H](C[C@@H]2C)OC(=O)[C@@H]1C. The highest BCUT2D eigenvalue weighted by molar-refractivity contribution is 5.87. The van der Waals surface area contributed by atoms with E-state index >= 15 is 0 Å². The lowest BCUT2D eigenvalue weighted by Crippen LogP contribution is -2.25. The van der Waals surface area contributed by atoms with E-state index in [1.807, 2.05) is 13.0 Å². The Morgan fingerprint density at radius 2 is 2.11 bits per heavy atom. The van der Waals surface area contributed by atoms with Crippen molar-refractivity contribution in [3.63, 3.8) is 0 Å². The van der Waals surface area contributed by atoms with Crippen molar-refractivity contribution >= 4 is 11.8 Å². The van der Waals surface area contributed by atoms with Crippen LogP contribution in [-0.4, -0.2) is 29.6 Å². The van der Waals surface area contributed by atoms with Gasteiger partial charge < -0.3 is 9.47 Å². The lowest BCUT2D eigenvalue weighted by molar-refractivity contribution is -0.144. The summed E-state index contributed by atoms with van der Waals surface area (Å²) in [6, 6.07) is 0. The summed E-state index contributed by atoms with van der Waals surface area (Å²) in [5.74, 6) is 0.458. The van der Waals surface area contributed by atoms with E-state index in [1.54, 1.807) is 13.0 Å². The molecule has 0 N–H and O–H groups in total. The molecule has 1 saturated carbocycles. The molecule has 0 spiro atoms. The molecule has 0 aromatic carbocycles. The summed E-state index contributed by atoms with van der Waals surface area (Å²) in [7, 11) is 0. The Morgan fingerprint density at radius 3 is 2.79 bits per heavy atom. The molecule has 0 bridgehead atoms. The van der Waals surface area contributed by atoms with Crippen LogP contribution in [-0.2, 0) is 19.1 Å². The molecule has 104 valence electrons. The highest BCUT2D eigenvalue weighted by atomic mass is 16.6. The molecule has 6 atom stereocenters. The number of carbonyl (C=O) groups is 2. The largest absolute Gasteiger partial charge is 0.462 e. The second-order valence-corrected chi connectivity index (χ2v) is 6.20. The fourth-order valence-electron chi connectivity index (χ4n) is 3.64. The first-order valence-corrected chi connectivity index (χ1v) is 7.02. The van der Waals surface area contributed by atoms with Crippen LogP contribution in [0, 0.1) is 17.8 Å². The fraction of sp³-hybridized carbons (Fsp3) is 0.733. The molecule has 0 unspecified atom stereocenters. The van der Waals surface area contributed by atoms with Gasteiger partial charge in [-0.2, -0.15) is 0 Å².